The van der Waals surface area contributed by atoms with Crippen molar-refractivity contribution in [3.63, 3.8) is 0 Å². The Hall–Kier alpha value is -2.51. The van der Waals surface area contributed by atoms with Gasteiger partial charge in [-0.05, 0) is 50.8 Å². The number of anilines is 1. The number of hydrazine groups is 1. The van der Waals surface area contributed by atoms with Gasteiger partial charge in [0.15, 0.2) is 0 Å². The molecular formula is C23H29N5O2. The molecule has 1 saturated heterocycles. The van der Waals surface area contributed by atoms with Crippen molar-refractivity contribution in [1.82, 2.24) is 15.0 Å². The molecule has 0 amide bonds. The second-order valence-electron chi connectivity index (χ2n) is 8.23. The maximum atomic E-state index is 6.50. The van der Waals surface area contributed by atoms with E-state index >= 15 is 0 Å². The average molecular weight is 408 g/mol. The molecule has 0 atom stereocenters. The van der Waals surface area contributed by atoms with Crippen LogP contribution in [0.2, 0.25) is 0 Å². The van der Waals surface area contributed by atoms with Crippen molar-refractivity contribution < 1.29 is 9.47 Å². The molecule has 3 aliphatic rings. The molecule has 2 fully saturated rings. The topological polar surface area (TPSA) is 63.1 Å². The van der Waals surface area contributed by atoms with Crippen LogP contribution < -0.4 is 9.75 Å². The van der Waals surface area contributed by atoms with Gasteiger partial charge in [-0.3, -0.25) is 10.0 Å². The molecule has 2 aromatic rings. The Balaban J connectivity index is 1.27. The summed E-state index contributed by atoms with van der Waals surface area (Å²) in [5.41, 5.74) is 3.43. The first-order chi connectivity index (χ1) is 14.8. The molecule has 1 aliphatic carbocycles. The Kier molecular flexibility index (Phi) is 5.64. The molecule has 0 radical (unpaired) electrons. The lowest BCUT2D eigenvalue weighted by atomic mass is 9.85. The van der Waals surface area contributed by atoms with Gasteiger partial charge in [-0.2, -0.15) is 0 Å². The van der Waals surface area contributed by atoms with Crippen molar-refractivity contribution in [1.29, 1.82) is 0 Å². The molecule has 5 rings (SSSR count). The highest BCUT2D eigenvalue weighted by molar-refractivity contribution is 5.93. The maximum Gasteiger partial charge on any atom is 0.130 e. The van der Waals surface area contributed by atoms with E-state index < -0.39 is 0 Å². The Labute approximate surface area is 177 Å². The molecule has 7 nitrogen and oxygen atoms in total. The van der Waals surface area contributed by atoms with Gasteiger partial charge >= 0.3 is 0 Å². The van der Waals surface area contributed by atoms with E-state index in [1.807, 2.05) is 19.3 Å². The lowest BCUT2D eigenvalue weighted by Gasteiger charge is -2.40. The van der Waals surface area contributed by atoms with Crippen molar-refractivity contribution in [2.45, 2.75) is 44.6 Å². The number of hydrogen-bond donors (Lipinski definition) is 0. The summed E-state index contributed by atoms with van der Waals surface area (Å²) in [7, 11) is 0. The number of fused-ring (bicyclic) bond motifs is 1. The number of hydrogen-bond acceptors (Lipinski definition) is 7. The third kappa shape index (κ3) is 4.04. The van der Waals surface area contributed by atoms with Crippen LogP contribution in [0, 0.1) is 6.92 Å². The van der Waals surface area contributed by atoms with Gasteiger partial charge in [0.05, 0.1) is 30.6 Å². The molecule has 1 saturated carbocycles. The van der Waals surface area contributed by atoms with Gasteiger partial charge < -0.3 is 9.47 Å². The largest absolute Gasteiger partial charge is 0.490 e. The van der Waals surface area contributed by atoms with Crippen molar-refractivity contribution in [3.8, 4) is 5.75 Å². The van der Waals surface area contributed by atoms with Gasteiger partial charge in [-0.1, -0.05) is 6.07 Å². The second-order valence-corrected chi connectivity index (χ2v) is 8.23. The van der Waals surface area contributed by atoms with Crippen LogP contribution in [-0.4, -0.2) is 60.3 Å². The van der Waals surface area contributed by atoms with E-state index in [1.54, 1.807) is 0 Å². The molecule has 30 heavy (non-hydrogen) atoms. The predicted octanol–water partition coefficient (Wildman–Crippen LogP) is 3.33. The van der Waals surface area contributed by atoms with Crippen LogP contribution in [0.25, 0.3) is 0 Å². The van der Waals surface area contributed by atoms with Crippen molar-refractivity contribution >= 4 is 11.9 Å². The quantitative estimate of drug-likeness (QED) is 0.775. The molecule has 0 bridgehead atoms. The number of aryl methyl sites for hydroxylation is 1. The second kappa shape index (κ2) is 8.70. The summed E-state index contributed by atoms with van der Waals surface area (Å²) in [4.78, 5) is 13.5. The van der Waals surface area contributed by atoms with E-state index in [2.05, 4.69) is 49.2 Å². The zero-order valence-corrected chi connectivity index (χ0v) is 17.5. The van der Waals surface area contributed by atoms with Crippen LogP contribution in [0.15, 0.2) is 35.5 Å². The minimum atomic E-state index is 0.239. The summed E-state index contributed by atoms with van der Waals surface area (Å²) in [6.45, 7) is 5.93. The number of ether oxygens (including phenoxy) is 2. The summed E-state index contributed by atoms with van der Waals surface area (Å²) >= 11 is 0. The molecule has 3 heterocycles. The highest BCUT2D eigenvalue weighted by Gasteiger charge is 2.28. The van der Waals surface area contributed by atoms with Crippen LogP contribution in [-0.2, 0) is 4.74 Å². The predicted molar refractivity (Wildman–Crippen MR) is 116 cm³/mol. The van der Waals surface area contributed by atoms with Gasteiger partial charge in [-0.15, -0.1) is 0 Å². The molecule has 0 spiro atoms. The number of morpholine rings is 1. The van der Waals surface area contributed by atoms with Crippen LogP contribution in [0.3, 0.4) is 0 Å². The number of rotatable bonds is 4. The fourth-order valence-corrected chi connectivity index (χ4v) is 4.67. The summed E-state index contributed by atoms with van der Waals surface area (Å²) in [6.07, 6.45) is 8.37. The number of aromatic nitrogens is 2. The lowest BCUT2D eigenvalue weighted by Crippen LogP contribution is -2.50. The van der Waals surface area contributed by atoms with E-state index in [1.165, 1.54) is 11.4 Å². The van der Waals surface area contributed by atoms with Crippen molar-refractivity contribution in [3.05, 3.63) is 47.5 Å². The molecule has 1 aromatic carbocycles. The van der Waals surface area contributed by atoms with E-state index in [9.17, 15) is 0 Å². The molecule has 1 aromatic heterocycles. The Morgan fingerprint density at radius 1 is 1.07 bits per heavy atom. The van der Waals surface area contributed by atoms with Crippen LogP contribution in [0.1, 0.15) is 48.7 Å². The molecule has 0 unspecified atom stereocenters. The van der Waals surface area contributed by atoms with Gasteiger partial charge in [0.25, 0.3) is 0 Å². The fraction of sp³-hybridized carbons (Fsp3) is 0.522. The summed E-state index contributed by atoms with van der Waals surface area (Å²) in [6, 6.07) is 8.39. The monoisotopic (exact) mass is 407 g/mol. The summed E-state index contributed by atoms with van der Waals surface area (Å²) in [5, 5.41) is 4.59. The number of benzene rings is 1. The third-order valence-electron chi connectivity index (χ3n) is 6.27. The Morgan fingerprint density at radius 2 is 1.90 bits per heavy atom. The highest BCUT2D eigenvalue weighted by atomic mass is 16.5. The minimum absolute atomic E-state index is 0.239. The maximum absolute atomic E-state index is 6.50. The zero-order valence-electron chi connectivity index (χ0n) is 17.5. The van der Waals surface area contributed by atoms with Crippen molar-refractivity contribution in [2.24, 2.45) is 4.99 Å². The van der Waals surface area contributed by atoms with E-state index in [-0.39, 0.29) is 6.10 Å². The zero-order chi connectivity index (χ0) is 20.3. The SMILES string of the molecule is Cc1nccc(C2CCC(Oc3cccc4c3C=NCN4N3CCOCC3)CC2)n1. The first kappa shape index (κ1) is 19.5. The first-order valence-corrected chi connectivity index (χ1v) is 11.0. The molecular weight excluding hydrogens is 378 g/mol. The smallest absolute Gasteiger partial charge is 0.130 e. The summed E-state index contributed by atoms with van der Waals surface area (Å²) in [5.74, 6) is 2.30. The lowest BCUT2D eigenvalue weighted by molar-refractivity contribution is 0.0318. The Bertz CT molecular complexity index is 904. The minimum Gasteiger partial charge on any atom is -0.490 e. The normalized spacial score (nSPS) is 24.5. The first-order valence-electron chi connectivity index (χ1n) is 11.0. The molecule has 158 valence electrons. The molecule has 0 N–H and O–H groups in total. The van der Waals surface area contributed by atoms with Gasteiger partial charge in [0.1, 0.15) is 18.2 Å². The number of nitrogens with zero attached hydrogens (tertiary/aromatic N) is 5. The molecule has 7 heteroatoms. The fourth-order valence-electron chi connectivity index (χ4n) is 4.67. The van der Waals surface area contributed by atoms with Crippen LogP contribution in [0.5, 0.6) is 5.75 Å². The van der Waals surface area contributed by atoms with Crippen LogP contribution >= 0.6 is 0 Å². The van der Waals surface area contributed by atoms with E-state index in [0.29, 0.717) is 12.6 Å². The van der Waals surface area contributed by atoms with Gasteiger partial charge in [-0.25, -0.2) is 15.0 Å². The standard InChI is InChI=1S/C23H29N5O2/c1-17-25-10-9-21(26-17)18-5-7-19(8-6-18)30-23-4-2-3-22-20(23)15-24-16-28(22)27-11-13-29-14-12-27/h2-4,9-10,15,18-19H,5-8,11-14,16H2,1H3. The Morgan fingerprint density at radius 3 is 2.70 bits per heavy atom. The van der Waals surface area contributed by atoms with Gasteiger partial charge in [0.2, 0.25) is 0 Å². The van der Waals surface area contributed by atoms with E-state index in [0.717, 1.165) is 69.1 Å². The van der Waals surface area contributed by atoms with Gasteiger partial charge in [0, 0.05) is 37.1 Å². The van der Waals surface area contributed by atoms with E-state index in [4.69, 9.17) is 9.47 Å². The summed E-state index contributed by atoms with van der Waals surface area (Å²) < 4.78 is 12.0. The van der Waals surface area contributed by atoms with Crippen LogP contribution in [0.4, 0.5) is 5.69 Å². The average Bonchev–Trinajstić information content (AvgIpc) is 2.80. The third-order valence-corrected chi connectivity index (χ3v) is 6.27. The molecule has 2 aliphatic heterocycles. The number of aliphatic imine (C=N–C) groups is 1. The highest BCUT2D eigenvalue weighted by Crippen LogP contribution is 2.36. The van der Waals surface area contributed by atoms with Crippen molar-refractivity contribution in [2.75, 3.05) is 38.0 Å².